The highest BCUT2D eigenvalue weighted by Gasteiger charge is 2.18. The van der Waals surface area contributed by atoms with Crippen molar-refractivity contribution in [1.82, 2.24) is 4.98 Å². The summed E-state index contributed by atoms with van der Waals surface area (Å²) < 4.78 is 32.1. The Morgan fingerprint density at radius 2 is 1.83 bits per heavy atom. The summed E-state index contributed by atoms with van der Waals surface area (Å²) in [6.45, 7) is 0. The molecule has 2 N–H and O–H groups in total. The first-order valence-corrected chi connectivity index (χ1v) is 7.15. The molecule has 0 amide bonds. The van der Waals surface area contributed by atoms with Crippen molar-refractivity contribution < 1.29 is 13.0 Å². The lowest BCUT2D eigenvalue weighted by Crippen LogP contribution is -2.04. The van der Waals surface area contributed by atoms with Crippen LogP contribution in [0, 0.1) is 0 Å². The van der Waals surface area contributed by atoms with Crippen molar-refractivity contribution in [2.45, 2.75) is 4.90 Å². The molecule has 1 heterocycles. The number of pyridine rings is 1. The Labute approximate surface area is 113 Å². The predicted octanol–water partition coefficient (Wildman–Crippen LogP) is 2.83. The summed E-state index contributed by atoms with van der Waals surface area (Å²) >= 11 is 3.20. The summed E-state index contributed by atoms with van der Waals surface area (Å²) in [5.41, 5.74) is 0.952. The lowest BCUT2D eigenvalue weighted by molar-refractivity contribution is 0.483. The lowest BCUT2D eigenvalue weighted by atomic mass is 10.3. The minimum Gasteiger partial charge on any atom is -0.353 e. The molecule has 5 nitrogen and oxygen atoms in total. The van der Waals surface area contributed by atoms with Gasteiger partial charge in [-0.3, -0.25) is 9.54 Å². The normalized spacial score (nSPS) is 11.2. The van der Waals surface area contributed by atoms with Crippen LogP contribution < -0.4 is 5.32 Å². The second kappa shape index (κ2) is 5.05. The summed E-state index contributed by atoms with van der Waals surface area (Å²) in [4.78, 5) is 3.45. The van der Waals surface area contributed by atoms with Gasteiger partial charge in [0.15, 0.2) is 0 Å². The quantitative estimate of drug-likeness (QED) is 0.847. The highest BCUT2D eigenvalue weighted by molar-refractivity contribution is 9.10. The van der Waals surface area contributed by atoms with Crippen LogP contribution in [0.2, 0.25) is 0 Å². The number of hydrogen-bond acceptors (Lipinski definition) is 4. The monoisotopic (exact) mass is 328 g/mol. The Kier molecular flexibility index (Phi) is 3.65. The van der Waals surface area contributed by atoms with Crippen LogP contribution in [0.3, 0.4) is 0 Å². The molecule has 18 heavy (non-hydrogen) atoms. The number of para-hydroxylation sites is 1. The van der Waals surface area contributed by atoms with Gasteiger partial charge in [0.2, 0.25) is 0 Å². The van der Waals surface area contributed by atoms with E-state index in [1.807, 2.05) is 18.2 Å². The molecular weight excluding hydrogens is 320 g/mol. The number of aromatic nitrogens is 1. The molecule has 94 valence electrons. The van der Waals surface area contributed by atoms with Crippen LogP contribution in [0.1, 0.15) is 0 Å². The summed E-state index contributed by atoms with van der Waals surface area (Å²) in [7, 11) is -4.33. The second-order valence-electron chi connectivity index (χ2n) is 3.46. The SMILES string of the molecule is O=S(=O)(O)c1cncc(Br)c1Nc1ccccc1. The van der Waals surface area contributed by atoms with Crippen LogP contribution in [0.15, 0.2) is 52.1 Å². The number of halogens is 1. The summed E-state index contributed by atoms with van der Waals surface area (Å²) in [6.07, 6.45) is 2.53. The highest BCUT2D eigenvalue weighted by Crippen LogP contribution is 2.31. The number of anilines is 2. The van der Waals surface area contributed by atoms with Gasteiger partial charge in [0, 0.05) is 11.9 Å². The van der Waals surface area contributed by atoms with Crippen molar-refractivity contribution in [1.29, 1.82) is 0 Å². The molecule has 7 heteroatoms. The summed E-state index contributed by atoms with van der Waals surface area (Å²) in [6, 6.07) is 9.02. The molecule has 0 radical (unpaired) electrons. The van der Waals surface area contributed by atoms with Crippen LogP contribution in [-0.2, 0) is 10.1 Å². The number of hydrogen-bond donors (Lipinski definition) is 2. The molecule has 0 fully saturated rings. The van der Waals surface area contributed by atoms with E-state index in [2.05, 4.69) is 26.2 Å². The maximum atomic E-state index is 11.3. The van der Waals surface area contributed by atoms with Gasteiger partial charge in [-0.05, 0) is 28.1 Å². The van der Waals surface area contributed by atoms with Crippen LogP contribution in [0.5, 0.6) is 0 Å². The molecule has 0 saturated heterocycles. The van der Waals surface area contributed by atoms with Gasteiger partial charge >= 0.3 is 0 Å². The number of rotatable bonds is 3. The van der Waals surface area contributed by atoms with E-state index in [0.29, 0.717) is 10.2 Å². The second-order valence-corrected chi connectivity index (χ2v) is 5.70. The summed E-state index contributed by atoms with van der Waals surface area (Å²) in [5, 5.41) is 2.92. The van der Waals surface area contributed by atoms with Gasteiger partial charge in [0.05, 0.1) is 16.4 Å². The average Bonchev–Trinajstić information content (AvgIpc) is 2.32. The van der Waals surface area contributed by atoms with Gasteiger partial charge in [0.25, 0.3) is 10.1 Å². The third-order valence-corrected chi connectivity index (χ3v) is 3.65. The molecule has 1 aromatic carbocycles. The molecule has 0 aliphatic carbocycles. The minimum absolute atomic E-state index is 0.249. The first-order valence-electron chi connectivity index (χ1n) is 4.91. The van der Waals surface area contributed by atoms with Crippen molar-refractivity contribution in [3.05, 3.63) is 47.2 Å². The van der Waals surface area contributed by atoms with E-state index >= 15 is 0 Å². The minimum atomic E-state index is -4.33. The van der Waals surface area contributed by atoms with E-state index < -0.39 is 10.1 Å². The first kappa shape index (κ1) is 13.0. The third kappa shape index (κ3) is 2.87. The molecule has 2 rings (SSSR count). The van der Waals surface area contributed by atoms with Crippen molar-refractivity contribution in [3.63, 3.8) is 0 Å². The zero-order chi connectivity index (χ0) is 13.2. The van der Waals surface area contributed by atoms with Crippen molar-refractivity contribution >= 4 is 37.4 Å². The van der Waals surface area contributed by atoms with Gasteiger partial charge < -0.3 is 5.32 Å². The molecular formula is C11H9BrN2O3S. The number of nitrogens with zero attached hydrogens (tertiary/aromatic N) is 1. The van der Waals surface area contributed by atoms with E-state index in [4.69, 9.17) is 4.55 Å². The van der Waals surface area contributed by atoms with Crippen molar-refractivity contribution in [2.75, 3.05) is 5.32 Å². The third-order valence-electron chi connectivity index (χ3n) is 2.19. The standard InChI is InChI=1S/C11H9BrN2O3S/c12-9-6-13-7-10(18(15,16)17)11(9)14-8-4-2-1-3-5-8/h1-7H,(H,13,14)(H,15,16,17). The Morgan fingerprint density at radius 3 is 2.44 bits per heavy atom. The zero-order valence-electron chi connectivity index (χ0n) is 9.04. The smallest absolute Gasteiger partial charge is 0.298 e. The number of nitrogens with one attached hydrogen (secondary N) is 1. The maximum absolute atomic E-state index is 11.3. The molecule has 0 aliphatic rings. The lowest BCUT2D eigenvalue weighted by Gasteiger charge is -2.11. The van der Waals surface area contributed by atoms with E-state index in [-0.39, 0.29) is 10.6 Å². The Hall–Kier alpha value is -1.44. The van der Waals surface area contributed by atoms with Gasteiger partial charge in [-0.1, -0.05) is 18.2 Å². The van der Waals surface area contributed by atoms with Crippen molar-refractivity contribution in [3.8, 4) is 0 Å². The molecule has 0 bridgehead atoms. The van der Waals surface area contributed by atoms with E-state index in [0.717, 1.165) is 6.20 Å². The van der Waals surface area contributed by atoms with Gasteiger partial charge in [0.1, 0.15) is 4.90 Å². The topological polar surface area (TPSA) is 79.3 Å². The Morgan fingerprint density at radius 1 is 1.17 bits per heavy atom. The highest BCUT2D eigenvalue weighted by atomic mass is 79.9. The Bertz CT molecular complexity index is 659. The number of benzene rings is 1. The van der Waals surface area contributed by atoms with Crippen LogP contribution in [0.4, 0.5) is 11.4 Å². The fraction of sp³-hybridized carbons (Fsp3) is 0. The van der Waals surface area contributed by atoms with E-state index in [1.54, 1.807) is 12.1 Å². The average molecular weight is 329 g/mol. The van der Waals surface area contributed by atoms with Crippen LogP contribution in [0.25, 0.3) is 0 Å². The fourth-order valence-corrected chi connectivity index (χ4v) is 2.58. The molecule has 0 unspecified atom stereocenters. The fourth-order valence-electron chi connectivity index (χ4n) is 1.40. The molecule has 0 atom stereocenters. The maximum Gasteiger partial charge on any atom is 0.298 e. The zero-order valence-corrected chi connectivity index (χ0v) is 11.4. The predicted molar refractivity (Wildman–Crippen MR) is 71.5 cm³/mol. The molecule has 1 aromatic heterocycles. The Balaban J connectivity index is 2.51. The first-order chi connectivity index (χ1) is 8.48. The van der Waals surface area contributed by atoms with Crippen LogP contribution in [-0.4, -0.2) is 18.0 Å². The van der Waals surface area contributed by atoms with Gasteiger partial charge in [-0.15, -0.1) is 0 Å². The van der Waals surface area contributed by atoms with Gasteiger partial charge in [-0.2, -0.15) is 8.42 Å². The molecule has 0 aliphatic heterocycles. The van der Waals surface area contributed by atoms with E-state index in [1.165, 1.54) is 6.20 Å². The molecule has 0 spiro atoms. The van der Waals surface area contributed by atoms with Crippen LogP contribution >= 0.6 is 15.9 Å². The van der Waals surface area contributed by atoms with Gasteiger partial charge in [-0.25, -0.2) is 0 Å². The largest absolute Gasteiger partial charge is 0.353 e. The molecule has 2 aromatic rings. The summed E-state index contributed by atoms with van der Waals surface area (Å²) in [5.74, 6) is 0. The molecule has 0 saturated carbocycles. The van der Waals surface area contributed by atoms with Crippen molar-refractivity contribution in [2.24, 2.45) is 0 Å². The van der Waals surface area contributed by atoms with E-state index in [9.17, 15) is 8.42 Å².